The van der Waals surface area contributed by atoms with Gasteiger partial charge in [0.1, 0.15) is 17.5 Å². The molecular formula is C20H19N5O6. The topological polar surface area (TPSA) is 147 Å². The molecule has 0 bridgehead atoms. The summed E-state index contributed by atoms with van der Waals surface area (Å²) in [6.07, 6.45) is 0. The number of anilines is 1. The first-order valence-electron chi connectivity index (χ1n) is 9.32. The molecule has 1 saturated heterocycles. The van der Waals surface area contributed by atoms with Crippen LogP contribution in [0.5, 0.6) is 5.75 Å². The Morgan fingerprint density at radius 1 is 1.19 bits per heavy atom. The van der Waals surface area contributed by atoms with Gasteiger partial charge in [-0.2, -0.15) is 5.26 Å². The SMILES string of the molecule is N#Cc1ccccc1OCC(=O)NNC(=O)c1ccc(N2CCOCC2)c([N+](=O)[O-])c1. The molecule has 11 heteroatoms. The number of benzene rings is 2. The van der Waals surface area contributed by atoms with Gasteiger partial charge in [-0.3, -0.25) is 30.6 Å². The van der Waals surface area contributed by atoms with Crippen LogP contribution in [-0.2, 0) is 9.53 Å². The molecule has 1 heterocycles. The van der Waals surface area contributed by atoms with E-state index in [-0.39, 0.29) is 22.6 Å². The Labute approximate surface area is 177 Å². The molecule has 11 nitrogen and oxygen atoms in total. The van der Waals surface area contributed by atoms with Crippen LogP contribution in [-0.4, -0.2) is 49.6 Å². The van der Waals surface area contributed by atoms with Crippen LogP contribution in [0.15, 0.2) is 42.5 Å². The standard InChI is InChI=1S/C20H19N5O6/c21-12-15-3-1-2-4-18(15)31-13-19(26)22-23-20(27)14-5-6-16(17(11-14)25(28)29)24-7-9-30-10-8-24/h1-6,11H,7-10,13H2,(H,22,26)(H,23,27). The molecule has 2 amide bonds. The average Bonchev–Trinajstić information content (AvgIpc) is 2.81. The maximum atomic E-state index is 12.3. The second-order valence-electron chi connectivity index (χ2n) is 6.46. The number of nitriles is 1. The van der Waals surface area contributed by atoms with Crippen molar-refractivity contribution in [2.75, 3.05) is 37.8 Å². The first kappa shape index (κ1) is 21.5. The number of morpholine rings is 1. The second kappa shape index (κ2) is 10.0. The first-order valence-corrected chi connectivity index (χ1v) is 9.32. The summed E-state index contributed by atoms with van der Waals surface area (Å²) in [5.74, 6) is -1.15. The van der Waals surface area contributed by atoms with Crippen LogP contribution in [0.25, 0.3) is 0 Å². The van der Waals surface area contributed by atoms with Crippen molar-refractivity contribution >= 4 is 23.2 Å². The van der Waals surface area contributed by atoms with Crippen molar-refractivity contribution < 1.29 is 24.0 Å². The fourth-order valence-electron chi connectivity index (χ4n) is 2.95. The van der Waals surface area contributed by atoms with Crippen LogP contribution in [0.3, 0.4) is 0 Å². The molecule has 0 radical (unpaired) electrons. The zero-order valence-corrected chi connectivity index (χ0v) is 16.4. The van der Waals surface area contributed by atoms with Gasteiger partial charge in [-0.05, 0) is 24.3 Å². The molecule has 2 aromatic carbocycles. The van der Waals surface area contributed by atoms with Gasteiger partial charge in [-0.15, -0.1) is 0 Å². The van der Waals surface area contributed by atoms with E-state index in [0.29, 0.717) is 32.0 Å². The highest BCUT2D eigenvalue weighted by molar-refractivity contribution is 5.96. The number of carbonyl (C=O) groups excluding carboxylic acids is 2. The molecule has 1 aliphatic rings. The third-order valence-electron chi connectivity index (χ3n) is 4.47. The van der Waals surface area contributed by atoms with Crippen LogP contribution in [0.1, 0.15) is 15.9 Å². The zero-order valence-electron chi connectivity index (χ0n) is 16.4. The van der Waals surface area contributed by atoms with Gasteiger partial charge in [0.05, 0.1) is 23.7 Å². The number of nitrogens with one attached hydrogen (secondary N) is 2. The Balaban J connectivity index is 1.59. The predicted octanol–water partition coefficient (Wildman–Crippen LogP) is 1.14. The Hall–Kier alpha value is -4.17. The number of nitro benzene ring substituents is 1. The van der Waals surface area contributed by atoms with E-state index in [1.807, 2.05) is 11.0 Å². The van der Waals surface area contributed by atoms with Crippen molar-refractivity contribution in [1.82, 2.24) is 10.9 Å². The van der Waals surface area contributed by atoms with Crippen molar-refractivity contribution in [3.63, 3.8) is 0 Å². The molecule has 0 unspecified atom stereocenters. The lowest BCUT2D eigenvalue weighted by Gasteiger charge is -2.28. The van der Waals surface area contributed by atoms with Gasteiger partial charge >= 0.3 is 0 Å². The van der Waals surface area contributed by atoms with Crippen LogP contribution in [0.2, 0.25) is 0 Å². The Bertz CT molecular complexity index is 1030. The third kappa shape index (κ3) is 5.46. The lowest BCUT2D eigenvalue weighted by atomic mass is 10.1. The molecule has 2 N–H and O–H groups in total. The number of nitro groups is 1. The number of rotatable bonds is 6. The summed E-state index contributed by atoms with van der Waals surface area (Å²) in [7, 11) is 0. The van der Waals surface area contributed by atoms with Crippen LogP contribution in [0.4, 0.5) is 11.4 Å². The third-order valence-corrected chi connectivity index (χ3v) is 4.47. The van der Waals surface area contributed by atoms with Crippen LogP contribution < -0.4 is 20.5 Å². The van der Waals surface area contributed by atoms with Gasteiger partial charge in [0.2, 0.25) is 0 Å². The molecule has 1 aliphatic heterocycles. The number of ether oxygens (including phenoxy) is 2. The van der Waals surface area contributed by atoms with Crippen molar-refractivity contribution in [1.29, 1.82) is 5.26 Å². The summed E-state index contributed by atoms with van der Waals surface area (Å²) in [5, 5.41) is 20.5. The molecule has 0 saturated carbocycles. The number of hydrogen-bond donors (Lipinski definition) is 2. The maximum absolute atomic E-state index is 12.3. The van der Waals surface area contributed by atoms with Gasteiger partial charge in [0, 0.05) is 24.7 Å². The van der Waals surface area contributed by atoms with E-state index < -0.39 is 23.3 Å². The van der Waals surface area contributed by atoms with Gasteiger partial charge in [0.25, 0.3) is 17.5 Å². The minimum atomic E-state index is -0.720. The lowest BCUT2D eigenvalue weighted by Crippen LogP contribution is -2.43. The first-order chi connectivity index (χ1) is 15.0. The fraction of sp³-hybridized carbons (Fsp3) is 0.250. The fourth-order valence-corrected chi connectivity index (χ4v) is 2.95. The van der Waals surface area contributed by atoms with Gasteiger partial charge in [0.15, 0.2) is 6.61 Å². The average molecular weight is 425 g/mol. The molecule has 160 valence electrons. The highest BCUT2D eigenvalue weighted by Crippen LogP contribution is 2.29. The largest absolute Gasteiger partial charge is 0.482 e. The highest BCUT2D eigenvalue weighted by Gasteiger charge is 2.23. The summed E-state index contributed by atoms with van der Waals surface area (Å²) < 4.78 is 10.5. The number of nitrogens with zero attached hydrogens (tertiary/aromatic N) is 3. The van der Waals surface area contributed by atoms with Crippen molar-refractivity contribution in [2.24, 2.45) is 0 Å². The molecule has 2 aromatic rings. The van der Waals surface area contributed by atoms with Crippen LogP contribution in [0, 0.1) is 21.4 Å². The van der Waals surface area contributed by atoms with Gasteiger partial charge < -0.3 is 14.4 Å². The van der Waals surface area contributed by atoms with Crippen LogP contribution >= 0.6 is 0 Å². The number of para-hydroxylation sites is 1. The smallest absolute Gasteiger partial charge is 0.293 e. The minimum absolute atomic E-state index is 0.0137. The van der Waals surface area contributed by atoms with E-state index in [1.165, 1.54) is 12.1 Å². The Kier molecular flexibility index (Phi) is 6.97. The molecule has 31 heavy (non-hydrogen) atoms. The monoisotopic (exact) mass is 425 g/mol. The molecule has 0 atom stereocenters. The maximum Gasteiger partial charge on any atom is 0.293 e. The Morgan fingerprint density at radius 2 is 1.94 bits per heavy atom. The predicted molar refractivity (Wildman–Crippen MR) is 108 cm³/mol. The van der Waals surface area contributed by atoms with E-state index in [0.717, 1.165) is 6.07 Å². The Morgan fingerprint density at radius 3 is 2.65 bits per heavy atom. The highest BCUT2D eigenvalue weighted by atomic mass is 16.6. The summed E-state index contributed by atoms with van der Waals surface area (Å²) in [6, 6.07) is 12.4. The van der Waals surface area contributed by atoms with E-state index in [9.17, 15) is 19.7 Å². The number of hydrazine groups is 1. The van der Waals surface area contributed by atoms with Gasteiger partial charge in [-0.25, -0.2) is 0 Å². The number of carbonyl (C=O) groups is 2. The summed E-state index contributed by atoms with van der Waals surface area (Å²) >= 11 is 0. The lowest BCUT2D eigenvalue weighted by molar-refractivity contribution is -0.384. The van der Waals surface area contributed by atoms with Gasteiger partial charge in [-0.1, -0.05) is 12.1 Å². The quantitative estimate of drug-likeness (QED) is 0.517. The second-order valence-corrected chi connectivity index (χ2v) is 6.46. The van der Waals surface area contributed by atoms with Crippen molar-refractivity contribution in [3.05, 3.63) is 63.7 Å². The van der Waals surface area contributed by atoms with E-state index in [4.69, 9.17) is 14.7 Å². The molecular weight excluding hydrogens is 406 g/mol. The summed E-state index contributed by atoms with van der Waals surface area (Å²) in [6.45, 7) is 1.52. The van der Waals surface area contributed by atoms with E-state index in [2.05, 4.69) is 10.9 Å². The van der Waals surface area contributed by atoms with Crippen molar-refractivity contribution in [3.8, 4) is 11.8 Å². The number of amides is 2. The molecule has 0 aliphatic carbocycles. The minimum Gasteiger partial charge on any atom is -0.482 e. The zero-order chi connectivity index (χ0) is 22.2. The van der Waals surface area contributed by atoms with E-state index >= 15 is 0 Å². The molecule has 0 spiro atoms. The molecule has 1 fully saturated rings. The summed E-state index contributed by atoms with van der Waals surface area (Å²) in [5.41, 5.74) is 4.84. The molecule has 0 aromatic heterocycles. The molecule has 3 rings (SSSR count). The summed E-state index contributed by atoms with van der Waals surface area (Å²) in [4.78, 5) is 37.0. The van der Waals surface area contributed by atoms with Crippen molar-refractivity contribution in [2.45, 2.75) is 0 Å². The number of hydrogen-bond acceptors (Lipinski definition) is 8. The normalized spacial score (nSPS) is 13.1. The van der Waals surface area contributed by atoms with E-state index in [1.54, 1.807) is 24.3 Å².